The van der Waals surface area contributed by atoms with E-state index in [0.29, 0.717) is 37.6 Å². The van der Waals surface area contributed by atoms with Gasteiger partial charge in [-0.15, -0.1) is 0 Å². The van der Waals surface area contributed by atoms with E-state index in [1.54, 1.807) is 29.4 Å². The third kappa shape index (κ3) is 4.24. The molecule has 0 radical (unpaired) electrons. The van der Waals surface area contributed by atoms with Gasteiger partial charge in [-0.3, -0.25) is 9.59 Å². The minimum Gasteiger partial charge on any atom is -0.459 e. The Hall–Kier alpha value is -2.94. The number of hydrogen-bond donors (Lipinski definition) is 0. The minimum absolute atomic E-state index is 0.0614. The first-order valence-corrected chi connectivity index (χ1v) is 10.1. The average molecular weight is 398 g/mol. The Bertz CT molecular complexity index is 822. The van der Waals surface area contributed by atoms with Crippen LogP contribution in [0.15, 0.2) is 35.2 Å². The maximum absolute atomic E-state index is 12.7. The summed E-state index contributed by atoms with van der Waals surface area (Å²) in [5.74, 6) is 0.932. The highest BCUT2D eigenvalue weighted by atomic mass is 16.3. The molecule has 2 aliphatic rings. The summed E-state index contributed by atoms with van der Waals surface area (Å²) in [7, 11) is 0. The molecule has 2 saturated heterocycles. The van der Waals surface area contributed by atoms with Gasteiger partial charge >= 0.3 is 0 Å². The van der Waals surface area contributed by atoms with Crippen molar-refractivity contribution in [3.05, 3.63) is 42.2 Å². The summed E-state index contributed by atoms with van der Waals surface area (Å²) in [4.78, 5) is 41.8. The van der Waals surface area contributed by atoms with Gasteiger partial charge in [0.2, 0.25) is 0 Å². The Kier molecular flexibility index (Phi) is 5.75. The maximum Gasteiger partial charge on any atom is 0.289 e. The van der Waals surface area contributed by atoms with Crippen molar-refractivity contribution < 1.29 is 14.0 Å². The second-order valence-corrected chi connectivity index (χ2v) is 7.24. The van der Waals surface area contributed by atoms with Crippen molar-refractivity contribution in [3.63, 3.8) is 0 Å². The quantitative estimate of drug-likeness (QED) is 0.753. The van der Waals surface area contributed by atoms with Crippen LogP contribution in [0, 0.1) is 0 Å². The largest absolute Gasteiger partial charge is 0.459 e. The number of carbonyl (C=O) groups is 2. The number of piperazine rings is 2. The monoisotopic (exact) mass is 398 g/mol. The molecule has 154 valence electrons. The number of furan rings is 1. The minimum atomic E-state index is -0.0927. The molecule has 0 aromatic carbocycles. The van der Waals surface area contributed by atoms with Crippen LogP contribution >= 0.6 is 0 Å². The Labute approximate surface area is 169 Å². The first-order valence-electron chi connectivity index (χ1n) is 10.1. The zero-order chi connectivity index (χ0) is 20.2. The van der Waals surface area contributed by atoms with Gasteiger partial charge in [-0.25, -0.2) is 9.97 Å². The second-order valence-electron chi connectivity index (χ2n) is 7.24. The molecule has 2 aromatic heterocycles. The molecule has 2 aliphatic heterocycles. The summed E-state index contributed by atoms with van der Waals surface area (Å²) in [6.07, 6.45) is 4.72. The van der Waals surface area contributed by atoms with Gasteiger partial charge in [0, 0.05) is 52.4 Å². The molecule has 4 rings (SSSR count). The number of likely N-dealkylation sites (N-methyl/N-ethyl adjacent to an activating group) is 1. The predicted molar refractivity (Wildman–Crippen MR) is 107 cm³/mol. The van der Waals surface area contributed by atoms with Crippen molar-refractivity contribution in [1.29, 1.82) is 0 Å². The van der Waals surface area contributed by atoms with Gasteiger partial charge in [0.25, 0.3) is 11.8 Å². The molecule has 0 bridgehead atoms. The Morgan fingerprint density at radius 1 is 0.931 bits per heavy atom. The summed E-state index contributed by atoms with van der Waals surface area (Å²) < 4.78 is 5.19. The molecule has 0 atom stereocenters. The standard InChI is InChI=1S/C20H26N6O3/c1-2-23-5-7-25(8-6-23)19(27)16-14-22-18(15-21-16)24-9-11-26(12-10-24)20(28)17-4-3-13-29-17/h3-4,13-15H,2,5-12H2,1H3. The van der Waals surface area contributed by atoms with Crippen molar-refractivity contribution in [3.8, 4) is 0 Å². The molecule has 4 heterocycles. The number of amides is 2. The van der Waals surface area contributed by atoms with Crippen LogP contribution in [-0.4, -0.2) is 95.4 Å². The molecule has 2 aromatic rings. The van der Waals surface area contributed by atoms with Crippen molar-refractivity contribution in [1.82, 2.24) is 24.7 Å². The number of nitrogens with zero attached hydrogens (tertiary/aromatic N) is 6. The van der Waals surface area contributed by atoms with Gasteiger partial charge in [-0.05, 0) is 18.7 Å². The molecule has 0 aliphatic carbocycles. The fraction of sp³-hybridized carbons (Fsp3) is 0.500. The van der Waals surface area contributed by atoms with E-state index >= 15 is 0 Å². The van der Waals surface area contributed by atoms with E-state index in [2.05, 4.69) is 26.7 Å². The highest BCUT2D eigenvalue weighted by Crippen LogP contribution is 2.15. The van der Waals surface area contributed by atoms with Crippen molar-refractivity contribution in [2.24, 2.45) is 0 Å². The van der Waals surface area contributed by atoms with E-state index < -0.39 is 0 Å². The number of rotatable bonds is 4. The Morgan fingerprint density at radius 2 is 1.62 bits per heavy atom. The molecule has 2 fully saturated rings. The molecule has 0 N–H and O–H groups in total. The lowest BCUT2D eigenvalue weighted by molar-refractivity contribution is 0.0636. The Balaban J connectivity index is 1.32. The lowest BCUT2D eigenvalue weighted by Gasteiger charge is -2.35. The molecule has 9 heteroatoms. The summed E-state index contributed by atoms with van der Waals surface area (Å²) in [6.45, 7) is 8.88. The van der Waals surface area contributed by atoms with Gasteiger partial charge in [0.1, 0.15) is 11.5 Å². The fourth-order valence-electron chi connectivity index (χ4n) is 3.72. The van der Waals surface area contributed by atoms with Crippen molar-refractivity contribution in [2.45, 2.75) is 6.92 Å². The van der Waals surface area contributed by atoms with Crippen molar-refractivity contribution in [2.75, 3.05) is 63.8 Å². The van der Waals surface area contributed by atoms with Crippen LogP contribution in [0.5, 0.6) is 0 Å². The molecular weight excluding hydrogens is 372 g/mol. The van der Waals surface area contributed by atoms with Gasteiger partial charge in [0.05, 0.1) is 18.7 Å². The smallest absolute Gasteiger partial charge is 0.289 e. The average Bonchev–Trinajstić information content (AvgIpc) is 3.33. The summed E-state index contributed by atoms with van der Waals surface area (Å²) in [5.41, 5.74) is 0.380. The molecular formula is C20H26N6O3. The molecule has 0 unspecified atom stereocenters. The predicted octanol–water partition coefficient (Wildman–Crippen LogP) is 0.810. The topological polar surface area (TPSA) is 86.0 Å². The number of anilines is 1. The molecule has 9 nitrogen and oxygen atoms in total. The van der Waals surface area contributed by atoms with E-state index in [1.807, 2.05) is 4.90 Å². The normalized spacial score (nSPS) is 18.2. The Morgan fingerprint density at radius 3 is 2.21 bits per heavy atom. The lowest BCUT2D eigenvalue weighted by Crippen LogP contribution is -2.49. The van der Waals surface area contributed by atoms with E-state index in [1.165, 1.54) is 6.26 Å². The van der Waals surface area contributed by atoms with Crippen LogP contribution in [0.4, 0.5) is 5.82 Å². The van der Waals surface area contributed by atoms with E-state index in [9.17, 15) is 9.59 Å². The fourth-order valence-corrected chi connectivity index (χ4v) is 3.72. The van der Waals surface area contributed by atoms with Crippen LogP contribution in [0.2, 0.25) is 0 Å². The molecule has 2 amide bonds. The first kappa shape index (κ1) is 19.4. The maximum atomic E-state index is 12.7. The van der Waals surface area contributed by atoms with Crippen LogP contribution < -0.4 is 4.90 Å². The number of hydrogen-bond acceptors (Lipinski definition) is 7. The number of aromatic nitrogens is 2. The molecule has 29 heavy (non-hydrogen) atoms. The van der Waals surface area contributed by atoms with Crippen LogP contribution in [0.3, 0.4) is 0 Å². The summed E-state index contributed by atoms with van der Waals surface area (Å²) >= 11 is 0. The third-order valence-electron chi connectivity index (χ3n) is 5.59. The van der Waals surface area contributed by atoms with Gasteiger partial charge in [0.15, 0.2) is 5.76 Å². The SMILES string of the molecule is CCN1CCN(C(=O)c2cnc(N3CCN(C(=O)c4ccco4)CC3)cn2)CC1. The van der Waals surface area contributed by atoms with Crippen molar-refractivity contribution >= 4 is 17.6 Å². The van der Waals surface area contributed by atoms with Gasteiger partial charge in [-0.2, -0.15) is 0 Å². The highest BCUT2D eigenvalue weighted by molar-refractivity contribution is 5.92. The highest BCUT2D eigenvalue weighted by Gasteiger charge is 2.26. The van der Waals surface area contributed by atoms with Crippen LogP contribution in [0.1, 0.15) is 28.0 Å². The summed E-state index contributed by atoms with van der Waals surface area (Å²) in [5, 5.41) is 0. The lowest BCUT2D eigenvalue weighted by atomic mass is 10.2. The molecule has 0 saturated carbocycles. The van der Waals surface area contributed by atoms with Crippen LogP contribution in [0.25, 0.3) is 0 Å². The van der Waals surface area contributed by atoms with E-state index in [-0.39, 0.29) is 11.8 Å². The van der Waals surface area contributed by atoms with Gasteiger partial charge in [-0.1, -0.05) is 6.92 Å². The number of carbonyl (C=O) groups excluding carboxylic acids is 2. The van der Waals surface area contributed by atoms with E-state index in [0.717, 1.165) is 38.5 Å². The zero-order valence-corrected chi connectivity index (χ0v) is 16.7. The first-order chi connectivity index (χ1) is 14.2. The van der Waals surface area contributed by atoms with Crippen LogP contribution in [-0.2, 0) is 0 Å². The van der Waals surface area contributed by atoms with Gasteiger partial charge < -0.3 is 24.0 Å². The third-order valence-corrected chi connectivity index (χ3v) is 5.59. The second kappa shape index (κ2) is 8.60. The zero-order valence-electron chi connectivity index (χ0n) is 16.7. The molecule has 0 spiro atoms. The van der Waals surface area contributed by atoms with E-state index in [4.69, 9.17) is 4.42 Å². The summed E-state index contributed by atoms with van der Waals surface area (Å²) in [6, 6.07) is 3.39.